The summed E-state index contributed by atoms with van der Waals surface area (Å²) >= 11 is 3.49. The molecule has 0 aliphatic rings. The smallest absolute Gasteiger partial charge is 0.224 e. The van der Waals surface area contributed by atoms with E-state index in [1.807, 2.05) is 32.3 Å². The molecule has 5 nitrogen and oxygen atoms in total. The van der Waals surface area contributed by atoms with Gasteiger partial charge in [-0.1, -0.05) is 19.1 Å². The first-order valence-electron chi connectivity index (χ1n) is 6.91. The lowest BCUT2D eigenvalue weighted by atomic mass is 10.2. The highest BCUT2D eigenvalue weighted by Crippen LogP contribution is 2.29. The normalized spacial score (nSPS) is 10.3. The molecule has 0 saturated heterocycles. The van der Waals surface area contributed by atoms with Crippen LogP contribution in [0.5, 0.6) is 0 Å². The molecule has 0 spiro atoms. The van der Waals surface area contributed by atoms with Gasteiger partial charge >= 0.3 is 0 Å². The van der Waals surface area contributed by atoms with Crippen LogP contribution in [0.25, 0.3) is 0 Å². The largest absolute Gasteiger partial charge is 0.376 e. The van der Waals surface area contributed by atoms with Crippen LogP contribution in [0, 0.1) is 0 Å². The Balaban J connectivity index is 2.26. The number of aromatic nitrogens is 2. The van der Waals surface area contributed by atoms with Gasteiger partial charge in [-0.05, 0) is 34.5 Å². The van der Waals surface area contributed by atoms with E-state index < -0.39 is 0 Å². The standard InChI is InChI=1S/C15H20BrN5/c1-4-9-17-15-18-10-11(16)14(20-15)19-12-7-5-6-8-13(12)21(2)3/h5-8,10H,4,9H2,1-3H3,(H2,17,18,19,20). The van der Waals surface area contributed by atoms with Crippen LogP contribution in [-0.2, 0) is 0 Å². The molecule has 0 aliphatic carbocycles. The van der Waals surface area contributed by atoms with Gasteiger partial charge in [-0.3, -0.25) is 0 Å². The molecule has 0 unspecified atom stereocenters. The van der Waals surface area contributed by atoms with Crippen LogP contribution in [0.1, 0.15) is 13.3 Å². The van der Waals surface area contributed by atoms with Crippen molar-refractivity contribution >= 4 is 39.1 Å². The number of anilines is 4. The summed E-state index contributed by atoms with van der Waals surface area (Å²) in [6.07, 6.45) is 2.79. The van der Waals surface area contributed by atoms with Gasteiger partial charge in [0.05, 0.1) is 15.8 Å². The third-order valence-electron chi connectivity index (χ3n) is 2.92. The monoisotopic (exact) mass is 349 g/mol. The number of rotatable bonds is 6. The number of nitrogens with zero attached hydrogens (tertiary/aromatic N) is 3. The summed E-state index contributed by atoms with van der Waals surface area (Å²) in [6, 6.07) is 8.11. The van der Waals surface area contributed by atoms with Crippen molar-refractivity contribution in [3.63, 3.8) is 0 Å². The Kier molecular flexibility index (Phi) is 5.38. The first kappa shape index (κ1) is 15.6. The van der Waals surface area contributed by atoms with Crippen LogP contribution in [-0.4, -0.2) is 30.6 Å². The van der Waals surface area contributed by atoms with E-state index in [2.05, 4.69) is 54.4 Å². The summed E-state index contributed by atoms with van der Waals surface area (Å²) < 4.78 is 0.832. The van der Waals surface area contributed by atoms with Crippen molar-refractivity contribution in [3.8, 4) is 0 Å². The SMILES string of the molecule is CCCNc1ncc(Br)c(Nc2ccccc2N(C)C)n1. The summed E-state index contributed by atoms with van der Waals surface area (Å²) in [6.45, 7) is 2.97. The number of hydrogen-bond donors (Lipinski definition) is 2. The van der Waals surface area contributed by atoms with Gasteiger partial charge in [0, 0.05) is 26.8 Å². The Labute approximate surface area is 133 Å². The summed E-state index contributed by atoms with van der Waals surface area (Å²) in [7, 11) is 4.04. The van der Waals surface area contributed by atoms with E-state index >= 15 is 0 Å². The van der Waals surface area contributed by atoms with Gasteiger partial charge in [-0.25, -0.2) is 4.98 Å². The number of benzene rings is 1. The van der Waals surface area contributed by atoms with Crippen LogP contribution in [0.4, 0.5) is 23.1 Å². The van der Waals surface area contributed by atoms with Gasteiger partial charge < -0.3 is 15.5 Å². The molecule has 21 heavy (non-hydrogen) atoms. The van der Waals surface area contributed by atoms with Crippen LogP contribution in [0.3, 0.4) is 0 Å². The molecule has 0 amide bonds. The Morgan fingerprint density at radius 1 is 1.24 bits per heavy atom. The van der Waals surface area contributed by atoms with Crippen molar-refractivity contribution in [1.82, 2.24) is 9.97 Å². The van der Waals surface area contributed by atoms with Crippen molar-refractivity contribution in [1.29, 1.82) is 0 Å². The minimum Gasteiger partial charge on any atom is -0.376 e. The van der Waals surface area contributed by atoms with Crippen molar-refractivity contribution in [2.24, 2.45) is 0 Å². The highest BCUT2D eigenvalue weighted by Gasteiger charge is 2.09. The van der Waals surface area contributed by atoms with Crippen LogP contribution < -0.4 is 15.5 Å². The Morgan fingerprint density at radius 2 is 2.00 bits per heavy atom. The van der Waals surface area contributed by atoms with Crippen molar-refractivity contribution in [2.75, 3.05) is 36.2 Å². The van der Waals surface area contributed by atoms with E-state index in [1.165, 1.54) is 0 Å². The molecule has 0 radical (unpaired) electrons. The fourth-order valence-electron chi connectivity index (χ4n) is 1.87. The molecule has 0 bridgehead atoms. The summed E-state index contributed by atoms with van der Waals surface area (Å²) in [5.74, 6) is 1.38. The Morgan fingerprint density at radius 3 is 2.71 bits per heavy atom. The molecular formula is C15H20BrN5. The minimum atomic E-state index is 0.630. The van der Waals surface area contributed by atoms with Gasteiger partial charge in [0.15, 0.2) is 0 Å². The average Bonchev–Trinajstić information content (AvgIpc) is 2.48. The van der Waals surface area contributed by atoms with Gasteiger partial charge in [0.2, 0.25) is 5.95 Å². The molecule has 1 aromatic heterocycles. The molecule has 0 aliphatic heterocycles. The maximum Gasteiger partial charge on any atom is 0.224 e. The zero-order valence-electron chi connectivity index (χ0n) is 12.5. The maximum atomic E-state index is 4.51. The molecule has 2 aromatic rings. The molecular weight excluding hydrogens is 330 g/mol. The fourth-order valence-corrected chi connectivity index (χ4v) is 2.16. The second kappa shape index (κ2) is 7.26. The summed E-state index contributed by atoms with van der Waals surface area (Å²) in [4.78, 5) is 10.8. The Hall–Kier alpha value is -1.82. The van der Waals surface area contributed by atoms with E-state index in [1.54, 1.807) is 6.20 Å². The van der Waals surface area contributed by atoms with E-state index in [-0.39, 0.29) is 0 Å². The van der Waals surface area contributed by atoms with E-state index in [9.17, 15) is 0 Å². The van der Waals surface area contributed by atoms with Crippen molar-refractivity contribution < 1.29 is 0 Å². The molecule has 2 rings (SSSR count). The summed E-state index contributed by atoms with van der Waals surface area (Å²) in [5.41, 5.74) is 2.11. The van der Waals surface area contributed by atoms with E-state index in [4.69, 9.17) is 0 Å². The quantitative estimate of drug-likeness (QED) is 0.828. The van der Waals surface area contributed by atoms with Crippen molar-refractivity contribution in [3.05, 3.63) is 34.9 Å². The average molecular weight is 350 g/mol. The second-order valence-electron chi connectivity index (χ2n) is 4.85. The lowest BCUT2D eigenvalue weighted by Crippen LogP contribution is -2.11. The number of para-hydroxylation sites is 2. The number of halogens is 1. The molecule has 2 N–H and O–H groups in total. The number of hydrogen-bond acceptors (Lipinski definition) is 5. The van der Waals surface area contributed by atoms with Gasteiger partial charge in [0.1, 0.15) is 5.82 Å². The third-order valence-corrected chi connectivity index (χ3v) is 3.50. The maximum absolute atomic E-state index is 4.51. The lowest BCUT2D eigenvalue weighted by Gasteiger charge is -2.18. The number of nitrogens with one attached hydrogen (secondary N) is 2. The molecule has 0 fully saturated rings. The minimum absolute atomic E-state index is 0.630. The first-order valence-corrected chi connectivity index (χ1v) is 7.71. The predicted octanol–water partition coefficient (Wildman–Crippen LogP) is 3.87. The molecule has 1 heterocycles. The zero-order chi connectivity index (χ0) is 15.2. The van der Waals surface area contributed by atoms with E-state index in [0.717, 1.165) is 34.6 Å². The lowest BCUT2D eigenvalue weighted by molar-refractivity contribution is 0.952. The molecule has 112 valence electrons. The van der Waals surface area contributed by atoms with Gasteiger partial charge in [-0.2, -0.15) is 4.98 Å². The predicted molar refractivity (Wildman–Crippen MR) is 92.6 cm³/mol. The highest BCUT2D eigenvalue weighted by atomic mass is 79.9. The molecule has 0 atom stereocenters. The fraction of sp³-hybridized carbons (Fsp3) is 0.333. The molecule has 0 saturated carbocycles. The second-order valence-corrected chi connectivity index (χ2v) is 5.71. The zero-order valence-corrected chi connectivity index (χ0v) is 14.1. The first-order chi connectivity index (χ1) is 10.1. The van der Waals surface area contributed by atoms with Crippen LogP contribution in [0.2, 0.25) is 0 Å². The van der Waals surface area contributed by atoms with E-state index in [0.29, 0.717) is 5.95 Å². The van der Waals surface area contributed by atoms with Crippen LogP contribution >= 0.6 is 15.9 Å². The van der Waals surface area contributed by atoms with Gasteiger partial charge in [0.25, 0.3) is 0 Å². The third kappa shape index (κ3) is 4.07. The highest BCUT2D eigenvalue weighted by molar-refractivity contribution is 9.10. The molecule has 1 aromatic carbocycles. The van der Waals surface area contributed by atoms with Crippen molar-refractivity contribution in [2.45, 2.75) is 13.3 Å². The topological polar surface area (TPSA) is 53.1 Å². The van der Waals surface area contributed by atoms with Crippen LogP contribution in [0.15, 0.2) is 34.9 Å². The van der Waals surface area contributed by atoms with Gasteiger partial charge in [-0.15, -0.1) is 0 Å². The molecule has 6 heteroatoms. The Bertz CT molecular complexity index is 600. The summed E-state index contributed by atoms with van der Waals surface area (Å²) in [5, 5.41) is 6.55.